The maximum absolute atomic E-state index is 10.6. The molecule has 1 rings (SSSR count). The van der Waals surface area contributed by atoms with Crippen LogP contribution in [0.5, 0.6) is 0 Å². The van der Waals surface area contributed by atoms with Gasteiger partial charge in [0.15, 0.2) is 6.29 Å². The molecule has 0 aliphatic carbocycles. The van der Waals surface area contributed by atoms with Gasteiger partial charge >= 0.3 is 5.97 Å². The summed E-state index contributed by atoms with van der Waals surface area (Å²) in [6, 6.07) is 4.29. The van der Waals surface area contributed by atoms with Crippen molar-refractivity contribution in [1.29, 1.82) is 0 Å². The van der Waals surface area contributed by atoms with Crippen molar-refractivity contribution < 1.29 is 14.7 Å². The molecule has 0 amide bonds. The molecule has 0 bridgehead atoms. The van der Waals surface area contributed by atoms with Gasteiger partial charge in [0.05, 0.1) is 5.56 Å². The number of aromatic carboxylic acids is 1. The second kappa shape index (κ2) is 3.71. The van der Waals surface area contributed by atoms with Crippen molar-refractivity contribution in [2.24, 2.45) is 0 Å². The molecule has 2 N–H and O–H groups in total. The molecule has 1 aromatic rings. The van der Waals surface area contributed by atoms with Crippen LogP contribution in [0.2, 0.25) is 0 Å². The number of carbonyl (C=O) groups is 2. The van der Waals surface area contributed by atoms with Crippen LogP contribution in [-0.4, -0.2) is 24.4 Å². The van der Waals surface area contributed by atoms with Gasteiger partial charge < -0.3 is 10.4 Å². The third-order valence-electron chi connectivity index (χ3n) is 1.70. The minimum absolute atomic E-state index is 0.162. The van der Waals surface area contributed by atoms with E-state index in [1.807, 2.05) is 0 Å². The summed E-state index contributed by atoms with van der Waals surface area (Å²) in [5.74, 6) is -1.01. The molecule has 0 heterocycles. The summed E-state index contributed by atoms with van der Waals surface area (Å²) in [6.45, 7) is 0. The first kappa shape index (κ1) is 9.25. The van der Waals surface area contributed by atoms with Crippen molar-refractivity contribution in [1.82, 2.24) is 0 Å². The summed E-state index contributed by atoms with van der Waals surface area (Å²) in [6.07, 6.45) is 0.678. The lowest BCUT2D eigenvalue weighted by Gasteiger charge is -2.04. The van der Waals surface area contributed by atoms with E-state index in [0.29, 0.717) is 17.5 Å². The molecular formula is C9H9NO3. The lowest BCUT2D eigenvalue weighted by Crippen LogP contribution is -2.00. The molecule has 0 spiro atoms. The number of hydrogen-bond donors (Lipinski definition) is 2. The van der Waals surface area contributed by atoms with E-state index in [0.717, 1.165) is 0 Å². The number of aldehydes is 1. The summed E-state index contributed by atoms with van der Waals surface area (Å²) in [5, 5.41) is 11.4. The largest absolute Gasteiger partial charge is 0.478 e. The highest BCUT2D eigenvalue weighted by Crippen LogP contribution is 2.15. The zero-order valence-electron chi connectivity index (χ0n) is 7.07. The Hall–Kier alpha value is -1.84. The zero-order chi connectivity index (χ0) is 9.84. The van der Waals surface area contributed by atoms with Crippen molar-refractivity contribution in [2.45, 2.75) is 0 Å². The number of benzene rings is 1. The molecule has 0 aromatic heterocycles. The van der Waals surface area contributed by atoms with Crippen molar-refractivity contribution in [3.8, 4) is 0 Å². The summed E-state index contributed by atoms with van der Waals surface area (Å²) < 4.78 is 0. The topological polar surface area (TPSA) is 66.4 Å². The predicted octanol–water partition coefficient (Wildman–Crippen LogP) is 1.24. The molecule has 0 aliphatic rings. The van der Waals surface area contributed by atoms with E-state index in [9.17, 15) is 9.59 Å². The molecular weight excluding hydrogens is 170 g/mol. The van der Waals surface area contributed by atoms with Crippen LogP contribution in [0.1, 0.15) is 20.7 Å². The number of nitrogens with one attached hydrogen (secondary N) is 1. The molecule has 0 radical (unpaired) electrons. The third-order valence-corrected chi connectivity index (χ3v) is 1.70. The van der Waals surface area contributed by atoms with Crippen molar-refractivity contribution in [2.75, 3.05) is 12.4 Å². The highest BCUT2D eigenvalue weighted by molar-refractivity contribution is 5.92. The van der Waals surface area contributed by atoms with E-state index in [2.05, 4.69) is 5.32 Å². The van der Waals surface area contributed by atoms with Gasteiger partial charge in [-0.05, 0) is 18.2 Å². The standard InChI is InChI=1S/C9H9NO3/c1-10-8-4-6(9(12)13)2-3-7(8)5-11/h2-5,10H,1H3,(H,12,13). The molecule has 0 saturated carbocycles. The first-order valence-corrected chi connectivity index (χ1v) is 3.69. The van der Waals surface area contributed by atoms with Crippen LogP contribution in [0.15, 0.2) is 18.2 Å². The maximum atomic E-state index is 10.6. The van der Waals surface area contributed by atoms with Crippen molar-refractivity contribution in [3.05, 3.63) is 29.3 Å². The monoisotopic (exact) mass is 179 g/mol. The second-order valence-corrected chi connectivity index (χ2v) is 2.48. The molecule has 1 aromatic carbocycles. The Balaban J connectivity index is 3.20. The van der Waals surface area contributed by atoms with Crippen LogP contribution >= 0.6 is 0 Å². The van der Waals surface area contributed by atoms with Gasteiger partial charge in [-0.15, -0.1) is 0 Å². The summed E-state index contributed by atoms with van der Waals surface area (Å²) in [5.41, 5.74) is 1.14. The molecule has 0 aliphatic heterocycles. The molecule has 0 fully saturated rings. The van der Waals surface area contributed by atoms with E-state index in [4.69, 9.17) is 5.11 Å². The van der Waals surface area contributed by atoms with Crippen molar-refractivity contribution >= 4 is 17.9 Å². The zero-order valence-corrected chi connectivity index (χ0v) is 7.07. The second-order valence-electron chi connectivity index (χ2n) is 2.48. The number of carboxylic acid groups (broad SMARTS) is 1. The molecule has 0 saturated heterocycles. The van der Waals surface area contributed by atoms with E-state index >= 15 is 0 Å². The molecule has 0 unspecified atom stereocenters. The van der Waals surface area contributed by atoms with Crippen LogP contribution < -0.4 is 5.32 Å². The number of carbonyl (C=O) groups excluding carboxylic acids is 1. The highest BCUT2D eigenvalue weighted by Gasteiger charge is 2.06. The predicted molar refractivity (Wildman–Crippen MR) is 48.3 cm³/mol. The average molecular weight is 179 g/mol. The lowest BCUT2D eigenvalue weighted by molar-refractivity contribution is 0.0696. The molecule has 0 atom stereocenters. The molecule has 68 valence electrons. The average Bonchev–Trinajstić information content (AvgIpc) is 2.16. The van der Waals surface area contributed by atoms with Gasteiger partial charge in [-0.2, -0.15) is 0 Å². The minimum Gasteiger partial charge on any atom is -0.478 e. The molecule has 4 heteroatoms. The Kier molecular flexibility index (Phi) is 2.64. The minimum atomic E-state index is -1.01. The van der Waals surface area contributed by atoms with Crippen LogP contribution in [0.4, 0.5) is 5.69 Å². The summed E-state index contributed by atoms with van der Waals surface area (Å²) >= 11 is 0. The highest BCUT2D eigenvalue weighted by atomic mass is 16.4. The van der Waals surface area contributed by atoms with Gasteiger partial charge in [-0.3, -0.25) is 4.79 Å². The van der Waals surface area contributed by atoms with Gasteiger partial charge in [0.2, 0.25) is 0 Å². The van der Waals surface area contributed by atoms with Gasteiger partial charge in [0, 0.05) is 18.3 Å². The summed E-state index contributed by atoms with van der Waals surface area (Å²) in [4.78, 5) is 21.0. The third kappa shape index (κ3) is 1.84. The first-order valence-electron chi connectivity index (χ1n) is 3.69. The number of hydrogen-bond acceptors (Lipinski definition) is 3. The van der Waals surface area contributed by atoms with E-state index in [1.165, 1.54) is 18.2 Å². The smallest absolute Gasteiger partial charge is 0.335 e. The normalized spacial score (nSPS) is 9.31. The fourth-order valence-corrected chi connectivity index (χ4v) is 1.01. The van der Waals surface area contributed by atoms with Gasteiger partial charge in [0.1, 0.15) is 0 Å². The number of carboxylic acids is 1. The van der Waals surface area contributed by atoms with Gasteiger partial charge in [-0.25, -0.2) is 4.79 Å². The maximum Gasteiger partial charge on any atom is 0.335 e. The van der Waals surface area contributed by atoms with E-state index in [-0.39, 0.29) is 5.56 Å². The first-order chi connectivity index (χ1) is 6.19. The lowest BCUT2D eigenvalue weighted by atomic mass is 10.1. The molecule has 4 nitrogen and oxygen atoms in total. The van der Waals surface area contributed by atoms with E-state index < -0.39 is 5.97 Å². The fourth-order valence-electron chi connectivity index (χ4n) is 1.01. The Morgan fingerprint density at radius 3 is 2.69 bits per heavy atom. The quantitative estimate of drug-likeness (QED) is 0.685. The number of rotatable bonds is 3. The van der Waals surface area contributed by atoms with Crippen LogP contribution in [-0.2, 0) is 0 Å². The Bertz CT molecular complexity index is 347. The van der Waals surface area contributed by atoms with E-state index in [1.54, 1.807) is 7.05 Å². The Morgan fingerprint density at radius 1 is 1.54 bits per heavy atom. The summed E-state index contributed by atoms with van der Waals surface area (Å²) in [7, 11) is 1.63. The molecule has 13 heavy (non-hydrogen) atoms. The van der Waals surface area contributed by atoms with Crippen LogP contribution in [0.25, 0.3) is 0 Å². The Morgan fingerprint density at radius 2 is 2.23 bits per heavy atom. The van der Waals surface area contributed by atoms with Gasteiger partial charge in [0.25, 0.3) is 0 Å². The van der Waals surface area contributed by atoms with Crippen molar-refractivity contribution in [3.63, 3.8) is 0 Å². The van der Waals surface area contributed by atoms with Crippen LogP contribution in [0, 0.1) is 0 Å². The Labute approximate surface area is 75.2 Å². The number of anilines is 1. The fraction of sp³-hybridized carbons (Fsp3) is 0.111. The van der Waals surface area contributed by atoms with Crippen LogP contribution in [0.3, 0.4) is 0 Å². The SMILES string of the molecule is CNc1cc(C(=O)O)ccc1C=O. The van der Waals surface area contributed by atoms with Gasteiger partial charge in [-0.1, -0.05) is 0 Å².